The normalized spacial score (nSPS) is 26.0. The minimum Gasteiger partial charge on any atom is -0.392 e. The van der Waals surface area contributed by atoms with Crippen LogP contribution in [0.4, 0.5) is 0 Å². The van der Waals surface area contributed by atoms with Crippen molar-refractivity contribution in [3.63, 3.8) is 0 Å². The first kappa shape index (κ1) is 14.5. The van der Waals surface area contributed by atoms with E-state index < -0.39 is 0 Å². The molecule has 2 rings (SSSR count). The Hall–Kier alpha value is -0.860. The van der Waals surface area contributed by atoms with E-state index in [4.69, 9.17) is 0 Å². The Balaban J connectivity index is 1.92. The molecule has 0 spiro atoms. The van der Waals surface area contributed by atoms with Crippen LogP contribution < -0.4 is 0 Å². The van der Waals surface area contributed by atoms with E-state index in [1.54, 1.807) is 0 Å². The van der Waals surface area contributed by atoms with E-state index >= 15 is 0 Å². The molecule has 0 aliphatic heterocycles. The van der Waals surface area contributed by atoms with E-state index in [1.165, 1.54) is 11.1 Å². The molecule has 1 aliphatic carbocycles. The maximum absolute atomic E-state index is 10.4. The van der Waals surface area contributed by atoms with E-state index in [0.717, 1.165) is 25.9 Å². The van der Waals surface area contributed by atoms with E-state index in [0.29, 0.717) is 5.92 Å². The highest BCUT2D eigenvalue weighted by atomic mass is 16.3. The summed E-state index contributed by atoms with van der Waals surface area (Å²) in [5.41, 5.74) is 2.83. The molecule has 1 aromatic carbocycles. The summed E-state index contributed by atoms with van der Waals surface area (Å²) >= 11 is 0. The summed E-state index contributed by atoms with van der Waals surface area (Å²) in [4.78, 5) is 2.34. The van der Waals surface area contributed by atoms with Crippen LogP contribution in [0.15, 0.2) is 24.3 Å². The lowest BCUT2D eigenvalue weighted by atomic mass is 9.87. The van der Waals surface area contributed by atoms with E-state index in [1.807, 2.05) is 0 Å². The molecule has 0 aromatic heterocycles. The van der Waals surface area contributed by atoms with Gasteiger partial charge < -0.3 is 10.0 Å². The molecule has 1 aliphatic rings. The van der Waals surface area contributed by atoms with Gasteiger partial charge in [-0.2, -0.15) is 0 Å². The second-order valence-corrected chi connectivity index (χ2v) is 6.86. The summed E-state index contributed by atoms with van der Waals surface area (Å²) in [6.45, 7) is 8.48. The van der Waals surface area contributed by atoms with Crippen LogP contribution in [0.1, 0.15) is 37.8 Å². The summed E-state index contributed by atoms with van der Waals surface area (Å²) in [7, 11) is 2.16. The fourth-order valence-corrected chi connectivity index (χ4v) is 3.24. The molecule has 0 radical (unpaired) electrons. The van der Waals surface area contributed by atoms with Crippen molar-refractivity contribution in [2.24, 2.45) is 11.3 Å². The fourth-order valence-electron chi connectivity index (χ4n) is 3.24. The van der Waals surface area contributed by atoms with E-state index in [9.17, 15) is 5.11 Å². The number of rotatable bonds is 4. The smallest absolute Gasteiger partial charge is 0.0631 e. The Morgan fingerprint density at radius 3 is 2.58 bits per heavy atom. The predicted molar refractivity (Wildman–Crippen MR) is 80.0 cm³/mol. The number of aliphatic hydroxyl groups is 1. The molecule has 106 valence electrons. The molecule has 2 unspecified atom stereocenters. The van der Waals surface area contributed by atoms with Gasteiger partial charge in [0.25, 0.3) is 0 Å². The van der Waals surface area contributed by atoms with Gasteiger partial charge in [-0.3, -0.25) is 0 Å². The number of aryl methyl sites for hydroxylation is 1. The molecule has 0 bridgehead atoms. The maximum atomic E-state index is 10.4. The van der Waals surface area contributed by atoms with Crippen LogP contribution in [-0.2, 0) is 6.54 Å². The monoisotopic (exact) mass is 261 g/mol. The van der Waals surface area contributed by atoms with Crippen molar-refractivity contribution in [2.45, 2.75) is 46.3 Å². The topological polar surface area (TPSA) is 23.5 Å². The third-order valence-corrected chi connectivity index (χ3v) is 4.65. The number of nitrogens with zero attached hydrogens (tertiary/aromatic N) is 1. The van der Waals surface area contributed by atoms with E-state index in [2.05, 4.69) is 57.0 Å². The van der Waals surface area contributed by atoms with Crippen LogP contribution in [-0.4, -0.2) is 29.7 Å². The van der Waals surface area contributed by atoms with Gasteiger partial charge in [0.15, 0.2) is 0 Å². The summed E-state index contributed by atoms with van der Waals surface area (Å²) in [6, 6.07) is 8.54. The largest absolute Gasteiger partial charge is 0.392 e. The molecule has 19 heavy (non-hydrogen) atoms. The Labute approximate surface area is 117 Å². The van der Waals surface area contributed by atoms with Gasteiger partial charge in [0.05, 0.1) is 6.10 Å². The molecule has 1 N–H and O–H groups in total. The van der Waals surface area contributed by atoms with Crippen molar-refractivity contribution >= 4 is 0 Å². The summed E-state index contributed by atoms with van der Waals surface area (Å²) < 4.78 is 0. The average molecular weight is 261 g/mol. The Morgan fingerprint density at radius 1 is 1.32 bits per heavy atom. The van der Waals surface area contributed by atoms with Crippen molar-refractivity contribution in [2.75, 3.05) is 13.6 Å². The lowest BCUT2D eigenvalue weighted by molar-refractivity contribution is 0.0348. The zero-order valence-corrected chi connectivity index (χ0v) is 12.7. The quantitative estimate of drug-likeness (QED) is 0.899. The Morgan fingerprint density at radius 2 is 2.00 bits per heavy atom. The van der Waals surface area contributed by atoms with Crippen LogP contribution in [0.25, 0.3) is 0 Å². The number of hydrogen-bond acceptors (Lipinski definition) is 2. The van der Waals surface area contributed by atoms with Gasteiger partial charge in [-0.05, 0) is 49.3 Å². The molecule has 1 fully saturated rings. The van der Waals surface area contributed by atoms with Crippen molar-refractivity contribution in [1.29, 1.82) is 0 Å². The van der Waals surface area contributed by atoms with Gasteiger partial charge in [-0.25, -0.2) is 0 Å². The fraction of sp³-hybridized carbons (Fsp3) is 0.647. The lowest BCUT2D eigenvalue weighted by Crippen LogP contribution is -2.34. The molecule has 2 atom stereocenters. The zero-order valence-electron chi connectivity index (χ0n) is 12.7. The van der Waals surface area contributed by atoms with Crippen LogP contribution in [0.3, 0.4) is 0 Å². The van der Waals surface area contributed by atoms with Crippen molar-refractivity contribution in [3.05, 3.63) is 35.4 Å². The highest BCUT2D eigenvalue weighted by molar-refractivity contribution is 5.25. The third kappa shape index (κ3) is 3.37. The van der Waals surface area contributed by atoms with Crippen LogP contribution >= 0.6 is 0 Å². The minimum atomic E-state index is -0.160. The molecule has 1 saturated carbocycles. The van der Waals surface area contributed by atoms with Crippen molar-refractivity contribution in [3.8, 4) is 0 Å². The molecule has 0 heterocycles. The minimum absolute atomic E-state index is 0.0914. The number of benzene rings is 1. The molecule has 0 saturated heterocycles. The van der Waals surface area contributed by atoms with Gasteiger partial charge >= 0.3 is 0 Å². The van der Waals surface area contributed by atoms with Crippen molar-refractivity contribution in [1.82, 2.24) is 4.90 Å². The predicted octanol–water partition coefficient (Wildman–Crippen LogP) is 3.22. The second kappa shape index (κ2) is 5.64. The average Bonchev–Trinajstić information content (AvgIpc) is 2.59. The Bertz CT molecular complexity index is 427. The number of aliphatic hydroxyl groups excluding tert-OH is 1. The standard InChI is InChI=1S/C17H27NO/c1-13-7-5-6-8-14(13)11-18(4)12-15-9-10-17(2,3)16(15)19/h5-8,15-16,19H,9-12H2,1-4H3. The van der Waals surface area contributed by atoms with Gasteiger partial charge in [0.1, 0.15) is 0 Å². The highest BCUT2D eigenvalue weighted by Crippen LogP contribution is 2.41. The van der Waals surface area contributed by atoms with Crippen LogP contribution in [0.5, 0.6) is 0 Å². The molecule has 0 amide bonds. The first-order valence-electron chi connectivity index (χ1n) is 7.31. The molecule has 2 nitrogen and oxygen atoms in total. The number of hydrogen-bond donors (Lipinski definition) is 1. The van der Waals surface area contributed by atoms with Crippen molar-refractivity contribution < 1.29 is 5.11 Å². The summed E-state index contributed by atoms with van der Waals surface area (Å²) in [5.74, 6) is 0.420. The van der Waals surface area contributed by atoms with Gasteiger partial charge in [-0.1, -0.05) is 38.1 Å². The molecule has 2 heteroatoms. The summed E-state index contributed by atoms with van der Waals surface area (Å²) in [5, 5.41) is 10.4. The third-order valence-electron chi connectivity index (χ3n) is 4.65. The first-order chi connectivity index (χ1) is 8.90. The molecular formula is C17H27NO. The first-order valence-corrected chi connectivity index (χ1v) is 7.31. The van der Waals surface area contributed by atoms with Crippen LogP contribution in [0.2, 0.25) is 0 Å². The highest BCUT2D eigenvalue weighted by Gasteiger charge is 2.40. The SMILES string of the molecule is Cc1ccccc1CN(C)CC1CCC(C)(C)C1O. The zero-order chi connectivity index (χ0) is 14.0. The molecular weight excluding hydrogens is 234 g/mol. The van der Waals surface area contributed by atoms with Gasteiger partial charge in [0, 0.05) is 13.1 Å². The maximum Gasteiger partial charge on any atom is 0.0631 e. The van der Waals surface area contributed by atoms with Crippen LogP contribution in [0, 0.1) is 18.3 Å². The second-order valence-electron chi connectivity index (χ2n) is 6.86. The Kier molecular flexibility index (Phi) is 4.32. The van der Waals surface area contributed by atoms with E-state index in [-0.39, 0.29) is 11.5 Å². The van der Waals surface area contributed by atoms with Gasteiger partial charge in [0.2, 0.25) is 0 Å². The molecule has 1 aromatic rings. The lowest BCUT2D eigenvalue weighted by Gasteiger charge is -2.28. The summed E-state index contributed by atoms with van der Waals surface area (Å²) in [6.07, 6.45) is 2.12. The van der Waals surface area contributed by atoms with Gasteiger partial charge in [-0.15, -0.1) is 0 Å².